The summed E-state index contributed by atoms with van der Waals surface area (Å²) in [5.74, 6) is -0.832. The number of aromatic nitrogens is 5. The number of halogens is 4. The monoisotopic (exact) mass is 858 g/mol. The van der Waals surface area contributed by atoms with Crippen LogP contribution in [0.4, 0.5) is 22.4 Å². The number of pyridine rings is 1. The fourth-order valence-corrected chi connectivity index (χ4v) is 7.17. The predicted octanol–water partition coefficient (Wildman–Crippen LogP) is 9.37. The average molecular weight is 859 g/mol. The van der Waals surface area contributed by atoms with Crippen molar-refractivity contribution in [1.82, 2.24) is 23.9 Å². The van der Waals surface area contributed by atoms with Crippen LogP contribution in [0.15, 0.2) is 132 Å². The first-order valence-electron chi connectivity index (χ1n) is 19.7. The van der Waals surface area contributed by atoms with E-state index in [-0.39, 0.29) is 83.9 Å². The second-order valence-corrected chi connectivity index (χ2v) is 14.6. The number of carbonyl (C=O) groups excluding carboxylic acids is 1. The maximum atomic E-state index is 15.8. The largest absolute Gasteiger partial charge is 0.487 e. The molecule has 63 heavy (non-hydrogen) atoms. The minimum absolute atomic E-state index is 0.0222. The van der Waals surface area contributed by atoms with E-state index in [9.17, 15) is 27.9 Å². The lowest BCUT2D eigenvalue weighted by atomic mass is 9.91. The first kappa shape index (κ1) is 42.0. The van der Waals surface area contributed by atoms with Crippen LogP contribution in [0.1, 0.15) is 45.2 Å². The third kappa shape index (κ3) is 9.29. The van der Waals surface area contributed by atoms with E-state index in [2.05, 4.69) is 15.1 Å². The number of nitrogens with zero attached hydrogens (tertiary/aromatic N) is 6. The van der Waals surface area contributed by atoms with Crippen molar-refractivity contribution < 1.29 is 46.5 Å². The summed E-state index contributed by atoms with van der Waals surface area (Å²) in [7, 11) is 1.59. The number of ether oxygens (including phenoxy) is 3. The van der Waals surface area contributed by atoms with Crippen LogP contribution in [0, 0.1) is 5.82 Å². The molecule has 7 aromatic rings. The summed E-state index contributed by atoms with van der Waals surface area (Å²) >= 11 is 0. The van der Waals surface area contributed by atoms with Gasteiger partial charge in [0, 0.05) is 66.1 Å². The number of benzene rings is 4. The highest BCUT2D eigenvalue weighted by atomic mass is 19.4. The number of hydrogen-bond donors (Lipinski definition) is 1. The number of Topliss-reactive ketones (excluding diaryl/α,β-unsaturated/α-hetero) is 1. The zero-order valence-corrected chi connectivity index (χ0v) is 33.8. The maximum Gasteiger partial charge on any atom is 0.435 e. The zero-order chi connectivity index (χ0) is 44.3. The van der Waals surface area contributed by atoms with Crippen LogP contribution in [0.25, 0.3) is 28.3 Å². The van der Waals surface area contributed by atoms with Crippen LogP contribution in [0.2, 0.25) is 0 Å². The van der Waals surface area contributed by atoms with E-state index >= 15 is 4.39 Å². The zero-order valence-electron chi connectivity index (χ0n) is 33.8. The second-order valence-electron chi connectivity index (χ2n) is 14.6. The Labute approximate surface area is 357 Å². The Bertz CT molecular complexity index is 2940. The highest BCUT2D eigenvalue weighted by Gasteiger charge is 2.39. The SMILES string of the molecule is CCn1cc(-c2cc(Cn3ccn(C)/c3=N/C(=O)O)cc3c2OC/C(=C\c2ccc(F)c(-c4ccc(OCc5ccccc5)nc4OCc4ccccc4)c2)C3=O)c(C(F)(F)F)n1. The van der Waals surface area contributed by atoms with Gasteiger partial charge in [0.05, 0.1) is 12.1 Å². The lowest BCUT2D eigenvalue weighted by Gasteiger charge is -2.23. The topological polar surface area (TPSA) is 135 Å². The normalized spacial score (nSPS) is 13.5. The molecule has 1 aliphatic rings. The molecule has 0 spiro atoms. The molecular weight excluding hydrogens is 821 g/mol. The minimum atomic E-state index is -4.85. The van der Waals surface area contributed by atoms with Gasteiger partial charge in [0.2, 0.25) is 17.4 Å². The third-order valence-electron chi connectivity index (χ3n) is 10.2. The summed E-state index contributed by atoms with van der Waals surface area (Å²) in [6.07, 6.45) is -0.382. The minimum Gasteiger partial charge on any atom is -0.487 e. The van der Waals surface area contributed by atoms with Gasteiger partial charge in [-0.25, -0.2) is 9.18 Å². The van der Waals surface area contributed by atoms with E-state index in [0.717, 1.165) is 15.8 Å². The highest BCUT2D eigenvalue weighted by Crippen LogP contribution is 2.44. The predicted molar refractivity (Wildman–Crippen MR) is 223 cm³/mol. The number of imidazole rings is 1. The van der Waals surface area contributed by atoms with E-state index in [4.69, 9.17) is 14.2 Å². The first-order chi connectivity index (χ1) is 30.3. The summed E-state index contributed by atoms with van der Waals surface area (Å²) in [6.45, 7) is 1.77. The molecule has 0 unspecified atom stereocenters. The molecule has 4 aromatic carbocycles. The van der Waals surface area contributed by atoms with Crippen LogP contribution in [0.5, 0.6) is 17.5 Å². The number of aryl methyl sites for hydroxylation is 2. The van der Waals surface area contributed by atoms with Gasteiger partial charge < -0.3 is 28.5 Å². The van der Waals surface area contributed by atoms with Gasteiger partial charge in [-0.05, 0) is 65.6 Å². The summed E-state index contributed by atoms with van der Waals surface area (Å²) in [6, 6.07) is 29.4. The number of ketones is 1. The van der Waals surface area contributed by atoms with E-state index < -0.39 is 29.6 Å². The van der Waals surface area contributed by atoms with Gasteiger partial charge in [-0.2, -0.15) is 23.3 Å². The molecule has 1 aliphatic heterocycles. The van der Waals surface area contributed by atoms with Crippen LogP contribution in [0.3, 0.4) is 0 Å². The Hall–Kier alpha value is -7.75. The third-order valence-corrected chi connectivity index (χ3v) is 10.2. The molecule has 320 valence electrons. The van der Waals surface area contributed by atoms with E-state index in [1.54, 1.807) is 38.5 Å². The molecule has 0 atom stereocenters. The molecule has 0 aliphatic carbocycles. The first-order valence-corrected chi connectivity index (χ1v) is 19.7. The molecule has 0 fully saturated rings. The van der Waals surface area contributed by atoms with Crippen molar-refractivity contribution in [3.63, 3.8) is 0 Å². The second kappa shape index (κ2) is 17.7. The van der Waals surface area contributed by atoms with Gasteiger partial charge in [0.25, 0.3) is 0 Å². The number of rotatable bonds is 12. The van der Waals surface area contributed by atoms with Crippen LogP contribution in [-0.4, -0.2) is 47.5 Å². The summed E-state index contributed by atoms with van der Waals surface area (Å²) < 4.78 is 81.6. The highest BCUT2D eigenvalue weighted by molar-refractivity contribution is 6.15. The van der Waals surface area contributed by atoms with Crippen molar-refractivity contribution in [3.8, 4) is 39.8 Å². The van der Waals surface area contributed by atoms with Gasteiger partial charge in [-0.1, -0.05) is 66.7 Å². The maximum absolute atomic E-state index is 15.8. The molecule has 0 saturated heterocycles. The number of carboxylic acid groups (broad SMARTS) is 1. The van der Waals surface area contributed by atoms with Crippen molar-refractivity contribution in [2.45, 2.75) is 39.4 Å². The molecule has 0 radical (unpaired) electrons. The smallest absolute Gasteiger partial charge is 0.435 e. The molecule has 8 rings (SSSR count). The molecule has 16 heteroatoms. The lowest BCUT2D eigenvalue weighted by molar-refractivity contribution is -0.141. The number of hydrogen-bond acceptors (Lipinski definition) is 7. The lowest BCUT2D eigenvalue weighted by Crippen LogP contribution is -2.26. The Morgan fingerprint density at radius 3 is 2.24 bits per heavy atom. The number of fused-ring (bicyclic) bond motifs is 1. The van der Waals surface area contributed by atoms with Gasteiger partial charge in [-0.15, -0.1) is 4.99 Å². The Morgan fingerprint density at radius 2 is 1.56 bits per heavy atom. The van der Waals surface area contributed by atoms with Gasteiger partial charge in [-0.3, -0.25) is 9.48 Å². The van der Waals surface area contributed by atoms with Crippen LogP contribution >= 0.6 is 0 Å². The Morgan fingerprint density at radius 1 is 0.857 bits per heavy atom. The van der Waals surface area contributed by atoms with E-state index in [1.165, 1.54) is 51.7 Å². The molecule has 0 bridgehead atoms. The van der Waals surface area contributed by atoms with Crippen LogP contribution < -0.4 is 19.8 Å². The van der Waals surface area contributed by atoms with Crippen molar-refractivity contribution >= 4 is 18.0 Å². The van der Waals surface area contributed by atoms with Crippen molar-refractivity contribution in [3.05, 3.63) is 172 Å². The summed E-state index contributed by atoms with van der Waals surface area (Å²) in [5, 5.41) is 13.2. The number of carbonyl (C=O) groups is 2. The molecule has 1 amide bonds. The molecule has 1 N–H and O–H groups in total. The van der Waals surface area contributed by atoms with Crippen molar-refractivity contribution in [2.24, 2.45) is 12.0 Å². The van der Waals surface area contributed by atoms with Gasteiger partial charge in [0.15, 0.2) is 11.5 Å². The number of amides is 1. The molecule has 12 nitrogen and oxygen atoms in total. The van der Waals surface area contributed by atoms with Crippen LogP contribution in [-0.2, 0) is 39.5 Å². The number of alkyl halides is 3. The molecular formula is C47H38F4N6O6. The van der Waals surface area contributed by atoms with Gasteiger partial charge in [0.1, 0.15) is 31.4 Å². The fraction of sp³-hybridized carbons (Fsp3) is 0.170. The van der Waals surface area contributed by atoms with Crippen molar-refractivity contribution in [1.29, 1.82) is 0 Å². The standard InChI is InChI=1S/C47H38F4N6O6/c1-3-57-25-38(43(54-57)47(49,50)51)36-22-32(24-56-19-18-55(2)45(56)53-46(59)60)23-37-41(58)33(28-62-42(36)37)20-31-14-16-39(48)35(21-31)34-15-17-40(61-26-29-10-6-4-7-11-29)52-44(34)63-27-30-12-8-5-9-13-30/h4-23,25H,3,24,26-28H2,1-2H3,(H,59,60)/b33-20+,53-45-. The van der Waals surface area contributed by atoms with E-state index in [1.807, 2.05) is 60.7 Å². The molecule has 0 saturated carbocycles. The van der Waals surface area contributed by atoms with Crippen molar-refractivity contribution in [2.75, 3.05) is 6.61 Å². The summed E-state index contributed by atoms with van der Waals surface area (Å²) in [5.41, 5.74) is 1.67. The quantitative estimate of drug-likeness (QED) is 0.0949. The Kier molecular flexibility index (Phi) is 11.8. The van der Waals surface area contributed by atoms with Gasteiger partial charge >= 0.3 is 12.3 Å². The Balaban J connectivity index is 1.17. The average Bonchev–Trinajstić information content (AvgIpc) is 3.87. The summed E-state index contributed by atoms with van der Waals surface area (Å²) in [4.78, 5) is 34.2. The molecule has 4 heterocycles. The molecule has 3 aromatic heterocycles. The fourth-order valence-electron chi connectivity index (χ4n) is 7.17. The van der Waals surface area contributed by atoms with E-state index in [0.29, 0.717) is 16.7 Å².